The third kappa shape index (κ3) is 5.12. The Bertz CT molecular complexity index is 451. The first-order valence-electron chi connectivity index (χ1n) is 6.86. The molecule has 0 radical (unpaired) electrons. The van der Waals surface area contributed by atoms with Gasteiger partial charge in [-0.05, 0) is 38.3 Å². The molecule has 0 amide bonds. The molecule has 4 heteroatoms. The van der Waals surface area contributed by atoms with Crippen LogP contribution in [0.1, 0.15) is 31.2 Å². The molecule has 0 fully saturated rings. The van der Waals surface area contributed by atoms with Gasteiger partial charge in [0.05, 0.1) is 6.61 Å². The zero-order valence-corrected chi connectivity index (χ0v) is 11.5. The number of rotatable bonds is 8. The maximum Gasteiger partial charge on any atom is 0.137 e. The van der Waals surface area contributed by atoms with E-state index in [2.05, 4.69) is 29.1 Å². The van der Waals surface area contributed by atoms with Gasteiger partial charge in [-0.1, -0.05) is 24.1 Å². The van der Waals surface area contributed by atoms with Crippen molar-refractivity contribution in [3.63, 3.8) is 0 Å². The highest BCUT2D eigenvalue weighted by atomic mass is 16.5. The molecule has 4 nitrogen and oxygen atoms in total. The first-order chi connectivity index (χ1) is 9.34. The van der Waals surface area contributed by atoms with Crippen LogP contribution in [0.25, 0.3) is 0 Å². The molecule has 1 aromatic carbocycles. The van der Waals surface area contributed by atoms with Crippen LogP contribution in [0.15, 0.2) is 36.9 Å². The van der Waals surface area contributed by atoms with Gasteiger partial charge >= 0.3 is 0 Å². The van der Waals surface area contributed by atoms with Crippen molar-refractivity contribution in [2.45, 2.75) is 39.2 Å². The van der Waals surface area contributed by atoms with Gasteiger partial charge in [0.2, 0.25) is 0 Å². The van der Waals surface area contributed by atoms with Crippen molar-refractivity contribution in [2.75, 3.05) is 6.61 Å². The van der Waals surface area contributed by atoms with Crippen LogP contribution in [0, 0.1) is 6.92 Å². The standard InChI is InChI=1S/C15H21N3O/c1-14-6-8-15(9-7-14)19-11-5-3-2-4-10-18-13-16-12-17-18/h6-9,12-13H,2-5,10-11H2,1H3. The predicted molar refractivity (Wildman–Crippen MR) is 75.2 cm³/mol. The largest absolute Gasteiger partial charge is 0.494 e. The van der Waals surface area contributed by atoms with Crippen molar-refractivity contribution >= 4 is 0 Å². The summed E-state index contributed by atoms with van der Waals surface area (Å²) in [4.78, 5) is 3.92. The second-order valence-corrected chi connectivity index (χ2v) is 4.73. The lowest BCUT2D eigenvalue weighted by Gasteiger charge is -2.06. The molecule has 0 unspecified atom stereocenters. The minimum atomic E-state index is 0.798. The summed E-state index contributed by atoms with van der Waals surface area (Å²) in [6, 6.07) is 8.21. The Morgan fingerprint density at radius 2 is 1.84 bits per heavy atom. The van der Waals surface area contributed by atoms with Gasteiger partial charge in [-0.25, -0.2) is 4.98 Å². The van der Waals surface area contributed by atoms with E-state index in [0.717, 1.165) is 31.7 Å². The minimum absolute atomic E-state index is 0.798. The van der Waals surface area contributed by atoms with E-state index in [-0.39, 0.29) is 0 Å². The molecule has 0 saturated heterocycles. The summed E-state index contributed by atoms with van der Waals surface area (Å²) in [5.41, 5.74) is 1.26. The average molecular weight is 259 g/mol. The number of hydrogen-bond donors (Lipinski definition) is 0. The fourth-order valence-electron chi connectivity index (χ4n) is 1.90. The molecule has 0 aliphatic rings. The molecule has 0 N–H and O–H groups in total. The van der Waals surface area contributed by atoms with Gasteiger partial charge in [0.25, 0.3) is 0 Å². The third-order valence-electron chi connectivity index (χ3n) is 3.04. The van der Waals surface area contributed by atoms with Crippen LogP contribution in [-0.4, -0.2) is 21.4 Å². The molecule has 0 atom stereocenters. The summed E-state index contributed by atoms with van der Waals surface area (Å²) < 4.78 is 7.56. The van der Waals surface area contributed by atoms with Crippen LogP contribution in [0.5, 0.6) is 5.75 Å². The average Bonchev–Trinajstić information content (AvgIpc) is 2.93. The highest BCUT2D eigenvalue weighted by Gasteiger charge is 1.95. The normalized spacial score (nSPS) is 10.6. The first kappa shape index (κ1) is 13.6. The van der Waals surface area contributed by atoms with Crippen LogP contribution in [0.4, 0.5) is 0 Å². The first-order valence-corrected chi connectivity index (χ1v) is 6.86. The van der Waals surface area contributed by atoms with Crippen LogP contribution < -0.4 is 4.74 Å². The second-order valence-electron chi connectivity index (χ2n) is 4.73. The Morgan fingerprint density at radius 3 is 2.58 bits per heavy atom. The van der Waals surface area contributed by atoms with E-state index >= 15 is 0 Å². The zero-order chi connectivity index (χ0) is 13.3. The molecule has 0 saturated carbocycles. The Morgan fingerprint density at radius 1 is 1.05 bits per heavy atom. The molecule has 102 valence electrons. The Balaban J connectivity index is 1.49. The lowest BCUT2D eigenvalue weighted by Crippen LogP contribution is -2.00. The Hall–Kier alpha value is -1.84. The van der Waals surface area contributed by atoms with Crippen LogP contribution >= 0.6 is 0 Å². The SMILES string of the molecule is Cc1ccc(OCCCCCCn2cncn2)cc1. The number of benzene rings is 1. The maximum atomic E-state index is 5.69. The number of ether oxygens (including phenoxy) is 1. The lowest BCUT2D eigenvalue weighted by molar-refractivity contribution is 0.304. The van der Waals surface area contributed by atoms with Crippen molar-refractivity contribution in [3.8, 4) is 5.75 Å². The summed E-state index contributed by atoms with van der Waals surface area (Å²) in [7, 11) is 0. The molecule has 2 rings (SSSR count). The van der Waals surface area contributed by atoms with E-state index in [1.54, 1.807) is 12.7 Å². The van der Waals surface area contributed by atoms with Crippen LogP contribution in [0.3, 0.4) is 0 Å². The van der Waals surface area contributed by atoms with Gasteiger partial charge in [-0.2, -0.15) is 5.10 Å². The van der Waals surface area contributed by atoms with E-state index in [0.29, 0.717) is 0 Å². The topological polar surface area (TPSA) is 39.9 Å². The van der Waals surface area contributed by atoms with E-state index in [1.807, 2.05) is 16.8 Å². The molecule has 2 aromatic rings. The Kier molecular flexibility index (Phi) is 5.41. The van der Waals surface area contributed by atoms with E-state index < -0.39 is 0 Å². The van der Waals surface area contributed by atoms with Crippen LogP contribution in [0.2, 0.25) is 0 Å². The van der Waals surface area contributed by atoms with Gasteiger partial charge in [-0.3, -0.25) is 4.68 Å². The van der Waals surface area contributed by atoms with E-state index in [1.165, 1.54) is 18.4 Å². The third-order valence-corrected chi connectivity index (χ3v) is 3.04. The second kappa shape index (κ2) is 7.56. The number of hydrogen-bond acceptors (Lipinski definition) is 3. The molecule has 0 aliphatic carbocycles. The molecule has 1 aromatic heterocycles. The van der Waals surface area contributed by atoms with Gasteiger partial charge in [0, 0.05) is 6.54 Å². The summed E-state index contributed by atoms with van der Waals surface area (Å²) in [5.74, 6) is 0.966. The van der Waals surface area contributed by atoms with Crippen molar-refractivity contribution in [1.29, 1.82) is 0 Å². The summed E-state index contributed by atoms with van der Waals surface area (Å²) in [6.07, 6.45) is 7.99. The number of aryl methyl sites for hydroxylation is 2. The quantitative estimate of drug-likeness (QED) is 0.683. The summed E-state index contributed by atoms with van der Waals surface area (Å²) >= 11 is 0. The lowest BCUT2D eigenvalue weighted by atomic mass is 10.2. The van der Waals surface area contributed by atoms with E-state index in [4.69, 9.17) is 4.74 Å². The fraction of sp³-hybridized carbons (Fsp3) is 0.467. The van der Waals surface area contributed by atoms with Crippen molar-refractivity contribution in [3.05, 3.63) is 42.5 Å². The molecule has 0 spiro atoms. The van der Waals surface area contributed by atoms with Crippen LogP contribution in [-0.2, 0) is 6.54 Å². The van der Waals surface area contributed by atoms with Crippen molar-refractivity contribution in [2.24, 2.45) is 0 Å². The molecule has 1 heterocycles. The predicted octanol–water partition coefficient (Wildman–Crippen LogP) is 3.23. The highest BCUT2D eigenvalue weighted by Crippen LogP contribution is 2.12. The molecule has 0 bridgehead atoms. The molecule has 19 heavy (non-hydrogen) atoms. The molecule has 0 aliphatic heterocycles. The van der Waals surface area contributed by atoms with Crippen molar-refractivity contribution in [1.82, 2.24) is 14.8 Å². The van der Waals surface area contributed by atoms with Gasteiger partial charge < -0.3 is 4.74 Å². The zero-order valence-electron chi connectivity index (χ0n) is 11.5. The molecular weight excluding hydrogens is 238 g/mol. The maximum absolute atomic E-state index is 5.69. The van der Waals surface area contributed by atoms with Gasteiger partial charge in [0.15, 0.2) is 0 Å². The number of aromatic nitrogens is 3. The van der Waals surface area contributed by atoms with Crippen molar-refractivity contribution < 1.29 is 4.74 Å². The Labute approximate surface area is 114 Å². The number of unbranched alkanes of at least 4 members (excludes halogenated alkanes) is 3. The summed E-state index contributed by atoms with van der Waals surface area (Å²) in [6.45, 7) is 3.84. The highest BCUT2D eigenvalue weighted by molar-refractivity contribution is 5.26. The minimum Gasteiger partial charge on any atom is -0.494 e. The number of nitrogens with zero attached hydrogens (tertiary/aromatic N) is 3. The smallest absolute Gasteiger partial charge is 0.137 e. The van der Waals surface area contributed by atoms with Gasteiger partial charge in [0.1, 0.15) is 18.4 Å². The van der Waals surface area contributed by atoms with E-state index in [9.17, 15) is 0 Å². The monoisotopic (exact) mass is 259 g/mol. The summed E-state index contributed by atoms with van der Waals surface area (Å²) in [5, 5.41) is 4.08. The molecular formula is C15H21N3O. The van der Waals surface area contributed by atoms with Gasteiger partial charge in [-0.15, -0.1) is 0 Å². The fourth-order valence-corrected chi connectivity index (χ4v) is 1.90.